The fraction of sp³-hybridized carbons (Fsp3) is 0.250. The highest BCUT2D eigenvalue weighted by atomic mass is 28.2. The molecule has 0 atom stereocenters. The van der Waals surface area contributed by atoms with E-state index in [1.165, 1.54) is 0 Å². The molecule has 198 valence electrons. The van der Waals surface area contributed by atoms with Crippen molar-refractivity contribution < 1.29 is 18.9 Å². The Labute approximate surface area is 231 Å². The molecule has 38 heavy (non-hydrogen) atoms. The first-order valence-electron chi connectivity index (χ1n) is 13.5. The lowest BCUT2D eigenvalue weighted by Crippen LogP contribution is -2.45. The van der Waals surface area contributed by atoms with Crippen molar-refractivity contribution in [3.8, 4) is 23.0 Å². The third-order valence-corrected chi connectivity index (χ3v) is 10.4. The van der Waals surface area contributed by atoms with Gasteiger partial charge in [-0.15, -0.1) is 0 Å². The van der Waals surface area contributed by atoms with Crippen LogP contribution in [0.25, 0.3) is 0 Å². The Balaban J connectivity index is 1.31. The van der Waals surface area contributed by atoms with Crippen molar-refractivity contribution in [2.75, 3.05) is 0 Å². The first-order valence-corrected chi connectivity index (χ1v) is 16.9. The molecule has 4 aromatic carbocycles. The van der Waals surface area contributed by atoms with E-state index in [1.54, 1.807) is 0 Å². The Hall–Kier alpha value is -3.49. The predicted octanol–water partition coefficient (Wildman–Crippen LogP) is 6.60. The smallest absolute Gasteiger partial charge is 0.219 e. The van der Waals surface area contributed by atoms with Gasteiger partial charge in [-0.1, -0.05) is 97.7 Å². The standard InChI is InChI=1S/C32H38O4Si2/c1-31(33-27-17-7-3-8-18-27,34-28-19-9-4-10-20-28)37-25-15-16-26-38-32(2,35-29-21-11-5-12-22-29)36-30-23-13-6-14-24-30/h3-14,17-24H,15-16,25-26,37-38H2,1-2H3. The summed E-state index contributed by atoms with van der Waals surface area (Å²) in [6.45, 7) is 4.18. The van der Waals surface area contributed by atoms with Crippen molar-refractivity contribution >= 4 is 19.0 Å². The number of para-hydroxylation sites is 4. The zero-order valence-corrected chi connectivity index (χ0v) is 25.3. The second-order valence-corrected chi connectivity index (χ2v) is 14.8. The summed E-state index contributed by atoms with van der Waals surface area (Å²) in [4.78, 5) is 0. The Morgan fingerprint density at radius 2 is 0.658 bits per heavy atom. The fourth-order valence-corrected chi connectivity index (χ4v) is 8.01. The molecule has 0 heterocycles. The molecule has 0 aliphatic carbocycles. The lowest BCUT2D eigenvalue weighted by Gasteiger charge is -2.32. The van der Waals surface area contributed by atoms with Gasteiger partial charge in [-0.3, -0.25) is 0 Å². The van der Waals surface area contributed by atoms with E-state index < -0.39 is 29.9 Å². The van der Waals surface area contributed by atoms with Crippen LogP contribution in [0.5, 0.6) is 23.0 Å². The molecule has 0 spiro atoms. The second-order valence-electron chi connectivity index (χ2n) is 9.84. The topological polar surface area (TPSA) is 36.9 Å². The summed E-state index contributed by atoms with van der Waals surface area (Å²) in [7, 11) is -1.41. The summed E-state index contributed by atoms with van der Waals surface area (Å²) in [6, 6.07) is 42.2. The van der Waals surface area contributed by atoms with Gasteiger partial charge in [-0.25, -0.2) is 0 Å². The first-order chi connectivity index (χ1) is 18.5. The molecule has 4 aromatic rings. The van der Waals surface area contributed by atoms with E-state index >= 15 is 0 Å². The van der Waals surface area contributed by atoms with E-state index in [0.717, 1.165) is 47.9 Å². The van der Waals surface area contributed by atoms with E-state index in [4.69, 9.17) is 18.9 Å². The minimum Gasteiger partial charge on any atom is -0.458 e. The minimum absolute atomic E-state index is 0.610. The van der Waals surface area contributed by atoms with Gasteiger partial charge in [-0.2, -0.15) is 0 Å². The Morgan fingerprint density at radius 3 is 0.895 bits per heavy atom. The highest BCUT2D eigenvalue weighted by Crippen LogP contribution is 2.25. The van der Waals surface area contributed by atoms with Crippen molar-refractivity contribution in [3.05, 3.63) is 121 Å². The number of hydrogen-bond acceptors (Lipinski definition) is 4. The molecule has 0 saturated heterocycles. The first kappa shape index (κ1) is 27.5. The number of ether oxygens (including phenoxy) is 4. The van der Waals surface area contributed by atoms with Gasteiger partial charge in [0.15, 0.2) is 0 Å². The van der Waals surface area contributed by atoms with Crippen LogP contribution >= 0.6 is 0 Å². The van der Waals surface area contributed by atoms with Gasteiger partial charge in [0.05, 0.1) is 0 Å². The van der Waals surface area contributed by atoms with Crippen molar-refractivity contribution in [1.82, 2.24) is 0 Å². The van der Waals surface area contributed by atoms with Crippen molar-refractivity contribution in [2.24, 2.45) is 0 Å². The maximum absolute atomic E-state index is 6.41. The third-order valence-electron chi connectivity index (χ3n) is 6.32. The van der Waals surface area contributed by atoms with Crippen LogP contribution in [0.4, 0.5) is 0 Å². The van der Waals surface area contributed by atoms with Crippen molar-refractivity contribution in [2.45, 2.75) is 49.6 Å². The summed E-state index contributed by atoms with van der Waals surface area (Å²) < 4.78 is 25.6. The van der Waals surface area contributed by atoms with E-state index in [0.29, 0.717) is 0 Å². The zero-order chi connectivity index (χ0) is 26.5. The molecule has 0 amide bonds. The molecule has 0 unspecified atom stereocenters. The minimum atomic E-state index is -0.706. The van der Waals surface area contributed by atoms with Crippen LogP contribution < -0.4 is 18.9 Å². The number of hydrogen-bond donors (Lipinski definition) is 0. The Morgan fingerprint density at radius 1 is 0.421 bits per heavy atom. The van der Waals surface area contributed by atoms with Crippen LogP contribution in [0, 0.1) is 0 Å². The summed E-state index contributed by atoms with van der Waals surface area (Å²) in [5, 5.41) is 0. The van der Waals surface area contributed by atoms with E-state index in [-0.39, 0.29) is 0 Å². The molecule has 0 radical (unpaired) electrons. The highest BCUT2D eigenvalue weighted by molar-refractivity contribution is 6.39. The molecule has 0 saturated carbocycles. The van der Waals surface area contributed by atoms with Gasteiger partial charge in [0.1, 0.15) is 42.0 Å². The lowest BCUT2D eigenvalue weighted by molar-refractivity contribution is -0.0263. The normalized spacial score (nSPS) is 12.2. The molecule has 6 heteroatoms. The summed E-state index contributed by atoms with van der Waals surface area (Å²) in [6.07, 6.45) is 2.30. The van der Waals surface area contributed by atoms with Gasteiger partial charge < -0.3 is 18.9 Å². The van der Waals surface area contributed by atoms with E-state index in [2.05, 4.69) is 13.8 Å². The van der Waals surface area contributed by atoms with Crippen LogP contribution in [0.15, 0.2) is 121 Å². The predicted molar refractivity (Wildman–Crippen MR) is 161 cm³/mol. The SMILES string of the molecule is CC(Oc1ccccc1)(Oc1ccccc1)[SiH2]CCCC[SiH2]C(C)(Oc1ccccc1)Oc1ccccc1. The highest BCUT2D eigenvalue weighted by Gasteiger charge is 2.30. The molecule has 0 N–H and O–H groups in total. The maximum Gasteiger partial charge on any atom is 0.219 e. The molecule has 4 nitrogen and oxygen atoms in total. The average Bonchev–Trinajstić information content (AvgIpc) is 2.93. The molecule has 0 aliphatic rings. The maximum atomic E-state index is 6.41. The molecular formula is C32H38O4Si2. The Bertz CT molecular complexity index is 1010. The van der Waals surface area contributed by atoms with Crippen LogP contribution in [0.1, 0.15) is 26.7 Å². The molecular weight excluding hydrogens is 505 g/mol. The quantitative estimate of drug-likeness (QED) is 0.0963. The summed E-state index contributed by atoms with van der Waals surface area (Å²) in [5.41, 5.74) is -1.22. The van der Waals surface area contributed by atoms with Crippen LogP contribution in [0.2, 0.25) is 12.1 Å². The monoisotopic (exact) mass is 542 g/mol. The van der Waals surface area contributed by atoms with E-state index in [9.17, 15) is 0 Å². The van der Waals surface area contributed by atoms with Gasteiger partial charge in [0.25, 0.3) is 0 Å². The zero-order valence-electron chi connectivity index (χ0n) is 22.4. The lowest BCUT2D eigenvalue weighted by atomic mass is 10.3. The number of benzene rings is 4. The van der Waals surface area contributed by atoms with Crippen LogP contribution in [-0.4, -0.2) is 29.9 Å². The molecule has 0 fully saturated rings. The average molecular weight is 543 g/mol. The molecule has 0 aliphatic heterocycles. The molecule has 4 rings (SSSR count). The van der Waals surface area contributed by atoms with Gasteiger partial charge >= 0.3 is 0 Å². The fourth-order valence-electron chi connectivity index (χ4n) is 4.44. The van der Waals surface area contributed by atoms with Gasteiger partial charge in [-0.05, 0) is 48.5 Å². The van der Waals surface area contributed by atoms with Crippen LogP contribution in [0.3, 0.4) is 0 Å². The summed E-state index contributed by atoms with van der Waals surface area (Å²) in [5.74, 6) is 3.38. The van der Waals surface area contributed by atoms with Gasteiger partial charge in [0, 0.05) is 13.8 Å². The van der Waals surface area contributed by atoms with E-state index in [1.807, 2.05) is 121 Å². The largest absolute Gasteiger partial charge is 0.458 e. The number of rotatable bonds is 15. The van der Waals surface area contributed by atoms with Gasteiger partial charge in [0.2, 0.25) is 10.8 Å². The molecule has 0 bridgehead atoms. The molecule has 0 aromatic heterocycles. The Kier molecular flexibility index (Phi) is 10.1. The summed E-state index contributed by atoms with van der Waals surface area (Å²) >= 11 is 0. The number of unbranched alkanes of at least 4 members (excludes halogenated alkanes) is 1. The second kappa shape index (κ2) is 13.9. The van der Waals surface area contributed by atoms with Crippen molar-refractivity contribution in [3.63, 3.8) is 0 Å². The van der Waals surface area contributed by atoms with Crippen molar-refractivity contribution in [1.29, 1.82) is 0 Å². The third kappa shape index (κ3) is 9.12. The van der Waals surface area contributed by atoms with Crippen LogP contribution in [-0.2, 0) is 0 Å².